The van der Waals surface area contributed by atoms with Crippen molar-refractivity contribution in [2.75, 3.05) is 0 Å². The maximum absolute atomic E-state index is 3.88. The summed E-state index contributed by atoms with van der Waals surface area (Å²) >= 11 is 3.57. The Morgan fingerprint density at radius 2 is 2.00 bits per heavy atom. The highest BCUT2D eigenvalue weighted by Gasteiger charge is 2.27. The van der Waals surface area contributed by atoms with Crippen molar-refractivity contribution < 1.29 is 0 Å². The van der Waals surface area contributed by atoms with Crippen molar-refractivity contribution in [2.45, 2.75) is 57.5 Å². The van der Waals surface area contributed by atoms with E-state index in [1.165, 1.54) is 54.1 Å². The molecule has 2 aliphatic rings. The second kappa shape index (κ2) is 5.34. The third-order valence-corrected chi connectivity index (χ3v) is 5.25. The van der Waals surface area contributed by atoms with Gasteiger partial charge in [-0.15, -0.1) is 0 Å². The van der Waals surface area contributed by atoms with Crippen LogP contribution in [0.25, 0.3) is 0 Å². The van der Waals surface area contributed by atoms with Gasteiger partial charge in [0.1, 0.15) is 0 Å². The number of nitrogens with one attached hydrogen (secondary N) is 1. The Kier molecular flexibility index (Phi) is 3.76. The number of rotatable bonds is 3. The van der Waals surface area contributed by atoms with Crippen LogP contribution in [-0.4, -0.2) is 6.04 Å². The normalized spacial score (nSPS) is 25.3. The lowest BCUT2D eigenvalue weighted by Gasteiger charge is -2.25. The largest absolute Gasteiger partial charge is 0.307 e. The Hall–Kier alpha value is -0.340. The Bertz CT molecular complexity index is 423. The minimum atomic E-state index is 0.587. The standard InChI is InChI=1S/C16H22BrN/c1-11(12-4-2-3-5-12)18-16-9-6-13-10-14(17)7-8-15(13)16/h7-8,10-12,16,18H,2-6,9H2,1H3/t11-,16?/m0/s1. The van der Waals surface area contributed by atoms with Crippen LogP contribution in [0.2, 0.25) is 0 Å². The molecule has 1 saturated carbocycles. The number of aryl methyl sites for hydroxylation is 1. The van der Waals surface area contributed by atoms with Crippen molar-refractivity contribution in [1.29, 1.82) is 0 Å². The molecule has 0 aliphatic heterocycles. The Labute approximate surface area is 118 Å². The summed E-state index contributed by atoms with van der Waals surface area (Å²) in [7, 11) is 0. The molecule has 0 aromatic heterocycles. The highest BCUT2D eigenvalue weighted by Crippen LogP contribution is 2.35. The molecule has 1 N–H and O–H groups in total. The summed E-state index contributed by atoms with van der Waals surface area (Å²) < 4.78 is 1.21. The van der Waals surface area contributed by atoms with Crippen LogP contribution in [0, 0.1) is 5.92 Å². The van der Waals surface area contributed by atoms with Gasteiger partial charge < -0.3 is 5.32 Å². The topological polar surface area (TPSA) is 12.0 Å². The number of benzene rings is 1. The fraction of sp³-hybridized carbons (Fsp3) is 0.625. The first-order valence-electron chi connectivity index (χ1n) is 7.28. The fourth-order valence-electron chi connectivity index (χ4n) is 3.67. The molecule has 0 saturated heterocycles. The summed E-state index contributed by atoms with van der Waals surface area (Å²) in [5, 5.41) is 3.88. The van der Waals surface area contributed by atoms with Crippen LogP contribution in [0.1, 0.15) is 56.2 Å². The molecule has 1 nitrogen and oxygen atoms in total. The van der Waals surface area contributed by atoms with Gasteiger partial charge in [0.15, 0.2) is 0 Å². The molecule has 0 heterocycles. The molecule has 1 aromatic carbocycles. The fourth-order valence-corrected chi connectivity index (χ4v) is 4.08. The number of halogens is 1. The lowest BCUT2D eigenvalue weighted by molar-refractivity contribution is 0.342. The molecule has 98 valence electrons. The molecular formula is C16H22BrN. The lowest BCUT2D eigenvalue weighted by Crippen LogP contribution is -2.34. The number of hydrogen-bond acceptors (Lipinski definition) is 1. The maximum atomic E-state index is 3.88. The smallest absolute Gasteiger partial charge is 0.0328 e. The molecule has 2 heteroatoms. The lowest BCUT2D eigenvalue weighted by atomic mass is 9.98. The van der Waals surface area contributed by atoms with Gasteiger partial charge >= 0.3 is 0 Å². The van der Waals surface area contributed by atoms with E-state index in [-0.39, 0.29) is 0 Å². The van der Waals surface area contributed by atoms with Crippen LogP contribution in [-0.2, 0) is 6.42 Å². The molecule has 2 aliphatic carbocycles. The summed E-state index contributed by atoms with van der Waals surface area (Å²) in [5.41, 5.74) is 3.06. The van der Waals surface area contributed by atoms with Gasteiger partial charge in [-0.1, -0.05) is 34.8 Å². The van der Waals surface area contributed by atoms with Crippen LogP contribution in [0.15, 0.2) is 22.7 Å². The van der Waals surface area contributed by atoms with Gasteiger partial charge in [-0.2, -0.15) is 0 Å². The van der Waals surface area contributed by atoms with E-state index in [1.807, 2.05) is 0 Å². The first-order chi connectivity index (χ1) is 8.74. The average Bonchev–Trinajstić information content (AvgIpc) is 2.98. The molecule has 1 unspecified atom stereocenters. The van der Waals surface area contributed by atoms with E-state index in [9.17, 15) is 0 Å². The highest BCUT2D eigenvalue weighted by atomic mass is 79.9. The van der Waals surface area contributed by atoms with Crippen molar-refractivity contribution in [2.24, 2.45) is 5.92 Å². The van der Waals surface area contributed by atoms with Crippen molar-refractivity contribution >= 4 is 15.9 Å². The Balaban J connectivity index is 1.68. The average molecular weight is 308 g/mol. The summed E-state index contributed by atoms with van der Waals surface area (Å²) in [6.45, 7) is 2.38. The van der Waals surface area contributed by atoms with Crippen LogP contribution < -0.4 is 5.32 Å². The van der Waals surface area contributed by atoms with E-state index in [1.54, 1.807) is 0 Å². The van der Waals surface area contributed by atoms with Gasteiger partial charge in [0.05, 0.1) is 0 Å². The van der Waals surface area contributed by atoms with Crippen LogP contribution in [0.3, 0.4) is 0 Å². The maximum Gasteiger partial charge on any atom is 0.0328 e. The molecule has 2 atom stereocenters. The molecule has 0 amide bonds. The summed E-state index contributed by atoms with van der Waals surface area (Å²) in [5.74, 6) is 0.907. The van der Waals surface area contributed by atoms with Crippen molar-refractivity contribution in [3.05, 3.63) is 33.8 Å². The molecule has 3 rings (SSSR count). The zero-order valence-electron chi connectivity index (χ0n) is 11.1. The Morgan fingerprint density at radius 3 is 2.78 bits per heavy atom. The molecule has 18 heavy (non-hydrogen) atoms. The monoisotopic (exact) mass is 307 g/mol. The minimum Gasteiger partial charge on any atom is -0.307 e. The molecule has 0 spiro atoms. The Morgan fingerprint density at radius 1 is 1.22 bits per heavy atom. The van der Waals surface area contributed by atoms with Crippen LogP contribution in [0.5, 0.6) is 0 Å². The predicted octanol–water partition coefficient (Wildman–Crippen LogP) is 4.60. The molecule has 0 bridgehead atoms. The van der Waals surface area contributed by atoms with E-state index in [0.29, 0.717) is 12.1 Å². The number of hydrogen-bond donors (Lipinski definition) is 1. The zero-order chi connectivity index (χ0) is 12.5. The highest BCUT2D eigenvalue weighted by molar-refractivity contribution is 9.10. The van der Waals surface area contributed by atoms with Crippen molar-refractivity contribution in [1.82, 2.24) is 5.32 Å². The summed E-state index contributed by atoms with van der Waals surface area (Å²) in [6, 6.07) is 8.03. The SMILES string of the molecule is C[C@H](NC1CCc2cc(Br)ccc21)C1CCCC1. The van der Waals surface area contributed by atoms with Gasteiger partial charge in [-0.3, -0.25) is 0 Å². The van der Waals surface area contributed by atoms with Crippen molar-refractivity contribution in [3.8, 4) is 0 Å². The van der Waals surface area contributed by atoms with Crippen LogP contribution >= 0.6 is 15.9 Å². The van der Waals surface area contributed by atoms with Gasteiger partial charge in [-0.05, 0) is 61.8 Å². The molecular weight excluding hydrogens is 286 g/mol. The summed E-state index contributed by atoms with van der Waals surface area (Å²) in [6.07, 6.45) is 8.21. The number of fused-ring (bicyclic) bond motifs is 1. The summed E-state index contributed by atoms with van der Waals surface area (Å²) in [4.78, 5) is 0. The van der Waals surface area contributed by atoms with E-state index < -0.39 is 0 Å². The second-order valence-corrected chi connectivity index (χ2v) is 6.85. The van der Waals surface area contributed by atoms with E-state index in [4.69, 9.17) is 0 Å². The quantitative estimate of drug-likeness (QED) is 0.860. The first kappa shape index (κ1) is 12.7. The molecule has 1 aromatic rings. The van der Waals surface area contributed by atoms with Gasteiger partial charge in [0.25, 0.3) is 0 Å². The van der Waals surface area contributed by atoms with Gasteiger partial charge in [0.2, 0.25) is 0 Å². The van der Waals surface area contributed by atoms with Crippen LogP contribution in [0.4, 0.5) is 0 Å². The third-order valence-electron chi connectivity index (χ3n) is 4.75. The first-order valence-corrected chi connectivity index (χ1v) is 8.08. The van der Waals surface area contributed by atoms with E-state index >= 15 is 0 Å². The zero-order valence-corrected chi connectivity index (χ0v) is 12.7. The molecule has 1 fully saturated rings. The van der Waals surface area contributed by atoms with Gasteiger partial charge in [-0.25, -0.2) is 0 Å². The van der Waals surface area contributed by atoms with Crippen molar-refractivity contribution in [3.63, 3.8) is 0 Å². The minimum absolute atomic E-state index is 0.587. The second-order valence-electron chi connectivity index (χ2n) is 5.93. The van der Waals surface area contributed by atoms with Gasteiger partial charge in [0, 0.05) is 16.6 Å². The van der Waals surface area contributed by atoms with E-state index in [2.05, 4.69) is 46.4 Å². The van der Waals surface area contributed by atoms with E-state index in [0.717, 1.165) is 5.92 Å². The predicted molar refractivity (Wildman–Crippen MR) is 79.8 cm³/mol. The third kappa shape index (κ3) is 2.50. The molecule has 0 radical (unpaired) electrons.